The molecule has 8 rings (SSSR count). The van der Waals surface area contributed by atoms with Crippen molar-refractivity contribution in [1.82, 2.24) is 0 Å². The second-order valence-corrected chi connectivity index (χ2v) is 13.7. The van der Waals surface area contributed by atoms with E-state index in [0.717, 1.165) is 30.5 Å². The molecule has 0 N–H and O–H groups in total. The predicted octanol–water partition coefficient (Wildman–Crippen LogP) is 12.6. The maximum atomic E-state index is 4.66. The summed E-state index contributed by atoms with van der Waals surface area (Å²) in [6, 6.07) is 39.8. The summed E-state index contributed by atoms with van der Waals surface area (Å²) < 4.78 is 0. The fraction of sp³-hybridized carbons (Fsp3) is 0.120. The molecule has 1 heteroatoms. The van der Waals surface area contributed by atoms with Crippen LogP contribution < -0.4 is 4.90 Å². The Morgan fingerprint density at radius 1 is 0.765 bits per heavy atom. The van der Waals surface area contributed by atoms with Gasteiger partial charge in [0.2, 0.25) is 0 Å². The first-order valence-electron chi connectivity index (χ1n) is 18.1. The molecule has 0 heterocycles. The monoisotopic (exact) mass is 657 g/mol. The molecule has 0 radical (unpaired) electrons. The van der Waals surface area contributed by atoms with Crippen molar-refractivity contribution in [2.45, 2.75) is 37.6 Å². The van der Waals surface area contributed by atoms with Crippen molar-refractivity contribution in [2.75, 3.05) is 4.90 Å². The summed E-state index contributed by atoms with van der Waals surface area (Å²) in [4.78, 5) is 2.46. The van der Waals surface area contributed by atoms with Crippen LogP contribution in [-0.4, -0.2) is 6.04 Å². The summed E-state index contributed by atoms with van der Waals surface area (Å²) in [5.41, 5.74) is 15.8. The first kappa shape index (κ1) is 32.3. The Labute approximate surface area is 303 Å². The Balaban J connectivity index is 1.48. The lowest BCUT2D eigenvalue weighted by Crippen LogP contribution is -2.31. The lowest BCUT2D eigenvalue weighted by atomic mass is 9.65. The van der Waals surface area contributed by atoms with Gasteiger partial charge in [-0.25, -0.2) is 0 Å². The Hall–Kier alpha value is -5.92. The molecule has 4 aromatic rings. The van der Waals surface area contributed by atoms with E-state index in [2.05, 4.69) is 195 Å². The highest BCUT2D eigenvalue weighted by molar-refractivity contribution is 6.01. The lowest BCUT2D eigenvalue weighted by Gasteiger charge is -2.37. The molecular weight excluding hydrogens is 615 g/mol. The van der Waals surface area contributed by atoms with Gasteiger partial charge in [0.15, 0.2) is 0 Å². The number of hydrogen-bond acceptors (Lipinski definition) is 1. The molecule has 4 aromatic carbocycles. The van der Waals surface area contributed by atoms with Crippen LogP contribution in [0.25, 0.3) is 16.7 Å². The third-order valence-electron chi connectivity index (χ3n) is 10.8. The Morgan fingerprint density at radius 3 is 2.12 bits per heavy atom. The molecule has 0 saturated carbocycles. The van der Waals surface area contributed by atoms with E-state index in [1.54, 1.807) is 0 Å². The van der Waals surface area contributed by atoms with Crippen LogP contribution in [0.5, 0.6) is 0 Å². The Bertz CT molecular complexity index is 2250. The molecule has 4 aliphatic carbocycles. The van der Waals surface area contributed by atoms with Gasteiger partial charge in [0.05, 0.1) is 5.41 Å². The lowest BCUT2D eigenvalue weighted by molar-refractivity contribution is 0.724. The van der Waals surface area contributed by atoms with Gasteiger partial charge in [-0.3, -0.25) is 0 Å². The average molecular weight is 658 g/mol. The molecule has 0 aromatic heterocycles. The number of para-hydroxylation sites is 1. The Morgan fingerprint density at radius 2 is 1.47 bits per heavy atom. The van der Waals surface area contributed by atoms with E-state index in [9.17, 15) is 0 Å². The standard InChI is InChI=1S/C50H43N/c1-4-38(39-21-14-15-22-39)34-37(3)51(43-29-12-7-13-30-43)35-46-48-45(40-23-8-5-9-24-40)32-19-33-47(48)50(42-27-16-17-28-42,41-25-10-6-11-26-41)49(46)44-31-18-20-36(44)2/h4-21,23-27,29-30,32-35,37H,1-2,22,28,31H2,3H3/b38-34+,46-35?,49-44+. The maximum absolute atomic E-state index is 4.66. The van der Waals surface area contributed by atoms with Crippen LogP contribution >= 0.6 is 0 Å². The molecule has 0 fully saturated rings. The SMILES string of the molecule is C=C/C(=C\C(C)N(C=C1/C(=C2/CC=CC2=C)C(C2=CC=CC2)(c2ccccc2)c2cccc(-c3ccccc3)c21)c1ccccc1)C1=CC=CC1. The Kier molecular flexibility index (Phi) is 8.72. The second-order valence-electron chi connectivity index (χ2n) is 13.7. The number of anilines is 1. The highest BCUT2D eigenvalue weighted by atomic mass is 15.1. The van der Waals surface area contributed by atoms with Crippen LogP contribution in [0.15, 0.2) is 223 Å². The van der Waals surface area contributed by atoms with Gasteiger partial charge in [-0.05, 0) is 99.6 Å². The van der Waals surface area contributed by atoms with Gasteiger partial charge < -0.3 is 4.90 Å². The third-order valence-corrected chi connectivity index (χ3v) is 10.8. The molecule has 0 saturated heterocycles. The summed E-state index contributed by atoms with van der Waals surface area (Å²) in [7, 11) is 0. The zero-order valence-electron chi connectivity index (χ0n) is 29.3. The quantitative estimate of drug-likeness (QED) is 0.162. The van der Waals surface area contributed by atoms with Crippen molar-refractivity contribution in [2.24, 2.45) is 0 Å². The predicted molar refractivity (Wildman–Crippen MR) is 217 cm³/mol. The van der Waals surface area contributed by atoms with Gasteiger partial charge in [-0.1, -0.05) is 171 Å². The van der Waals surface area contributed by atoms with Crippen molar-refractivity contribution < 1.29 is 0 Å². The third kappa shape index (κ3) is 5.60. The number of nitrogens with zero attached hydrogens (tertiary/aromatic N) is 1. The number of fused-ring (bicyclic) bond motifs is 1. The summed E-state index contributed by atoms with van der Waals surface area (Å²) in [5, 5.41) is 0. The van der Waals surface area contributed by atoms with E-state index in [4.69, 9.17) is 0 Å². The van der Waals surface area contributed by atoms with Crippen molar-refractivity contribution >= 4 is 11.3 Å². The highest BCUT2D eigenvalue weighted by Gasteiger charge is 2.52. The zero-order valence-corrected chi connectivity index (χ0v) is 29.3. The number of hydrogen-bond donors (Lipinski definition) is 0. The molecule has 0 spiro atoms. The second kappa shape index (κ2) is 13.8. The normalized spacial score (nSPS) is 22.0. The topological polar surface area (TPSA) is 3.24 Å². The van der Waals surface area contributed by atoms with Crippen LogP contribution in [0.2, 0.25) is 0 Å². The fourth-order valence-electron chi connectivity index (χ4n) is 8.51. The largest absolute Gasteiger partial charge is 0.341 e. The van der Waals surface area contributed by atoms with E-state index < -0.39 is 5.41 Å². The van der Waals surface area contributed by atoms with Gasteiger partial charge in [0, 0.05) is 23.5 Å². The first-order chi connectivity index (χ1) is 25.1. The molecular formula is C50H43N. The minimum Gasteiger partial charge on any atom is -0.341 e. The van der Waals surface area contributed by atoms with Gasteiger partial charge in [-0.2, -0.15) is 0 Å². The minimum atomic E-state index is -0.505. The van der Waals surface area contributed by atoms with E-state index in [-0.39, 0.29) is 6.04 Å². The summed E-state index contributed by atoms with van der Waals surface area (Å²) >= 11 is 0. The number of allylic oxidation sites excluding steroid dienone is 16. The smallest absolute Gasteiger partial charge is 0.0683 e. The zero-order chi connectivity index (χ0) is 34.8. The molecule has 2 atom stereocenters. The first-order valence-corrected chi connectivity index (χ1v) is 18.1. The van der Waals surface area contributed by atoms with Crippen molar-refractivity contribution in [3.05, 3.63) is 239 Å². The van der Waals surface area contributed by atoms with Crippen LogP contribution in [0.4, 0.5) is 5.69 Å². The fourth-order valence-corrected chi connectivity index (χ4v) is 8.51. The van der Waals surface area contributed by atoms with Gasteiger partial charge in [0.1, 0.15) is 0 Å². The van der Waals surface area contributed by atoms with E-state index >= 15 is 0 Å². The van der Waals surface area contributed by atoms with Crippen molar-refractivity contribution in [1.29, 1.82) is 0 Å². The summed E-state index contributed by atoms with van der Waals surface area (Å²) in [6.45, 7) is 11.2. The van der Waals surface area contributed by atoms with E-state index in [0.29, 0.717) is 0 Å². The molecule has 4 aliphatic rings. The molecule has 51 heavy (non-hydrogen) atoms. The summed E-state index contributed by atoms with van der Waals surface area (Å²) in [6.07, 6.45) is 27.4. The highest BCUT2D eigenvalue weighted by Crippen LogP contribution is 2.62. The minimum absolute atomic E-state index is 0.0250. The number of rotatable bonds is 9. The molecule has 0 aliphatic heterocycles. The molecule has 0 amide bonds. The van der Waals surface area contributed by atoms with Crippen molar-refractivity contribution in [3.63, 3.8) is 0 Å². The van der Waals surface area contributed by atoms with Gasteiger partial charge in [0.25, 0.3) is 0 Å². The maximum Gasteiger partial charge on any atom is 0.0683 e. The summed E-state index contributed by atoms with van der Waals surface area (Å²) in [5.74, 6) is 0. The van der Waals surface area contributed by atoms with Crippen LogP contribution in [0.1, 0.15) is 42.9 Å². The van der Waals surface area contributed by atoms with Crippen LogP contribution in [0, 0.1) is 0 Å². The van der Waals surface area contributed by atoms with Crippen molar-refractivity contribution in [3.8, 4) is 11.1 Å². The molecule has 1 nitrogen and oxygen atoms in total. The number of benzene rings is 4. The van der Waals surface area contributed by atoms with E-state index in [1.807, 2.05) is 6.08 Å². The van der Waals surface area contributed by atoms with E-state index in [1.165, 1.54) is 61.3 Å². The van der Waals surface area contributed by atoms with Gasteiger partial charge >= 0.3 is 0 Å². The molecule has 2 unspecified atom stereocenters. The molecule has 0 bridgehead atoms. The molecule has 248 valence electrons. The van der Waals surface area contributed by atoms with Crippen LogP contribution in [0.3, 0.4) is 0 Å². The average Bonchev–Trinajstić information content (AvgIpc) is 4.02. The van der Waals surface area contributed by atoms with Gasteiger partial charge in [-0.15, -0.1) is 0 Å². The van der Waals surface area contributed by atoms with Crippen LogP contribution in [-0.2, 0) is 5.41 Å².